The number of hydrogen-bond acceptors (Lipinski definition) is 6. The molecule has 2 aliphatic heterocycles. The third-order valence-corrected chi connectivity index (χ3v) is 5.90. The Bertz CT molecular complexity index is 1430. The van der Waals surface area contributed by atoms with Crippen LogP contribution in [0.15, 0.2) is 75.7 Å². The van der Waals surface area contributed by atoms with Gasteiger partial charge in [0.05, 0.1) is 6.54 Å². The van der Waals surface area contributed by atoms with Crippen LogP contribution >= 0.6 is 11.6 Å². The molecule has 8 heteroatoms. The number of rotatable bonds is 4. The molecule has 168 valence electrons. The lowest BCUT2D eigenvalue weighted by molar-refractivity contribution is -0.141. The van der Waals surface area contributed by atoms with Gasteiger partial charge >= 0.3 is 0 Å². The maximum Gasteiger partial charge on any atom is 0.271 e. The first-order chi connectivity index (χ1) is 16.4. The molecule has 0 bridgehead atoms. The predicted octanol–water partition coefficient (Wildman–Crippen LogP) is 5.12. The summed E-state index contributed by atoms with van der Waals surface area (Å²) in [6, 6.07) is 17.8. The molecule has 0 radical (unpaired) electrons. The maximum absolute atomic E-state index is 13.3. The van der Waals surface area contributed by atoms with E-state index < -0.39 is 11.8 Å². The van der Waals surface area contributed by atoms with Gasteiger partial charge < -0.3 is 13.9 Å². The number of carbonyl (C=O) groups is 2. The first kappa shape index (κ1) is 21.6. The fourth-order valence-electron chi connectivity index (χ4n) is 3.84. The lowest BCUT2D eigenvalue weighted by Gasteiger charge is -2.27. The van der Waals surface area contributed by atoms with Crippen LogP contribution in [-0.2, 0) is 16.1 Å². The Balaban J connectivity index is 1.48. The highest BCUT2D eigenvalue weighted by Crippen LogP contribution is 2.34. The quantitative estimate of drug-likeness (QED) is 0.386. The van der Waals surface area contributed by atoms with Crippen molar-refractivity contribution in [1.82, 2.24) is 4.90 Å². The van der Waals surface area contributed by atoms with Crippen molar-refractivity contribution in [3.05, 3.63) is 87.7 Å². The van der Waals surface area contributed by atoms with Gasteiger partial charge in [0.2, 0.25) is 6.79 Å². The van der Waals surface area contributed by atoms with Gasteiger partial charge in [-0.15, -0.1) is 0 Å². The van der Waals surface area contributed by atoms with Gasteiger partial charge in [0.15, 0.2) is 11.5 Å². The number of furan rings is 1. The van der Waals surface area contributed by atoms with E-state index in [0.29, 0.717) is 39.2 Å². The summed E-state index contributed by atoms with van der Waals surface area (Å²) >= 11 is 5.95. The van der Waals surface area contributed by atoms with Crippen molar-refractivity contribution in [2.75, 3.05) is 6.79 Å². The molecule has 2 aliphatic rings. The average molecular weight is 473 g/mol. The van der Waals surface area contributed by atoms with Crippen LogP contribution in [0.2, 0.25) is 5.02 Å². The highest BCUT2D eigenvalue weighted by molar-refractivity contribution is 6.30. The first-order valence-electron chi connectivity index (χ1n) is 10.4. The molecular weight excluding hydrogens is 456 g/mol. The van der Waals surface area contributed by atoms with Gasteiger partial charge in [0, 0.05) is 16.2 Å². The Kier molecular flexibility index (Phi) is 5.44. The van der Waals surface area contributed by atoms with E-state index in [1.165, 1.54) is 0 Å². The second kappa shape index (κ2) is 8.58. The van der Waals surface area contributed by atoms with E-state index >= 15 is 0 Å². The molecule has 0 atom stereocenters. The molecule has 3 heterocycles. The molecule has 0 saturated heterocycles. The van der Waals surface area contributed by atoms with Gasteiger partial charge in [0.1, 0.15) is 23.2 Å². The second-order valence-corrected chi connectivity index (χ2v) is 8.20. The van der Waals surface area contributed by atoms with Gasteiger partial charge in [-0.05, 0) is 72.7 Å². The van der Waals surface area contributed by atoms with Crippen LogP contribution in [0.5, 0.6) is 11.5 Å². The summed E-state index contributed by atoms with van der Waals surface area (Å²) in [7, 11) is 0. The minimum Gasteiger partial charge on any atom is -0.457 e. The molecule has 0 fully saturated rings. The van der Waals surface area contributed by atoms with Crippen LogP contribution < -0.4 is 9.47 Å². The number of halogens is 1. The molecule has 3 aromatic rings. The number of amides is 2. The Morgan fingerprint density at radius 2 is 1.79 bits per heavy atom. The zero-order valence-electron chi connectivity index (χ0n) is 18.0. The molecule has 1 aromatic heterocycles. The molecule has 0 aliphatic carbocycles. The van der Waals surface area contributed by atoms with Crippen LogP contribution in [0.4, 0.5) is 0 Å². The molecule has 2 aromatic carbocycles. The second-order valence-electron chi connectivity index (χ2n) is 7.76. The average Bonchev–Trinajstić information content (AvgIpc) is 3.50. The molecule has 2 amide bonds. The number of imide groups is 1. The minimum atomic E-state index is -0.638. The van der Waals surface area contributed by atoms with Crippen molar-refractivity contribution in [3.8, 4) is 28.9 Å². The first-order valence-corrected chi connectivity index (χ1v) is 10.8. The lowest BCUT2D eigenvalue weighted by Crippen LogP contribution is -2.42. The number of benzene rings is 2. The molecular formula is C26H17ClN2O5. The lowest BCUT2D eigenvalue weighted by atomic mass is 9.94. The van der Waals surface area contributed by atoms with E-state index in [1.54, 1.807) is 55.5 Å². The van der Waals surface area contributed by atoms with Crippen molar-refractivity contribution in [2.24, 2.45) is 0 Å². The highest BCUT2D eigenvalue weighted by Gasteiger charge is 2.36. The van der Waals surface area contributed by atoms with Crippen LogP contribution in [0.1, 0.15) is 18.2 Å². The monoisotopic (exact) mass is 472 g/mol. The summed E-state index contributed by atoms with van der Waals surface area (Å²) in [6.07, 6.45) is 1.55. The minimum absolute atomic E-state index is 0.0156. The molecule has 34 heavy (non-hydrogen) atoms. The maximum atomic E-state index is 13.3. The molecule has 0 N–H and O–H groups in total. The van der Waals surface area contributed by atoms with Crippen LogP contribution in [0.3, 0.4) is 0 Å². The van der Waals surface area contributed by atoms with Crippen molar-refractivity contribution in [1.29, 1.82) is 5.26 Å². The smallest absolute Gasteiger partial charge is 0.271 e. The number of hydrogen-bond donors (Lipinski definition) is 0. The largest absolute Gasteiger partial charge is 0.457 e. The van der Waals surface area contributed by atoms with Crippen LogP contribution in [0, 0.1) is 11.3 Å². The Hall–Kier alpha value is -4.28. The summed E-state index contributed by atoms with van der Waals surface area (Å²) in [5, 5.41) is 10.2. The van der Waals surface area contributed by atoms with Gasteiger partial charge in [-0.2, -0.15) is 5.26 Å². The zero-order chi connectivity index (χ0) is 23.8. The van der Waals surface area contributed by atoms with Crippen molar-refractivity contribution in [3.63, 3.8) is 0 Å². The van der Waals surface area contributed by atoms with E-state index in [2.05, 4.69) is 0 Å². The molecule has 0 unspecified atom stereocenters. The number of nitriles is 1. The summed E-state index contributed by atoms with van der Waals surface area (Å²) in [5.41, 5.74) is 1.94. The third-order valence-electron chi connectivity index (χ3n) is 5.65. The van der Waals surface area contributed by atoms with Crippen LogP contribution in [0.25, 0.3) is 17.4 Å². The Labute approximate surface area is 200 Å². The fourth-order valence-corrected chi connectivity index (χ4v) is 3.96. The molecule has 0 spiro atoms. The van der Waals surface area contributed by atoms with E-state index in [0.717, 1.165) is 10.5 Å². The number of fused-ring (bicyclic) bond motifs is 1. The Morgan fingerprint density at radius 3 is 2.56 bits per heavy atom. The van der Waals surface area contributed by atoms with Crippen LogP contribution in [-0.4, -0.2) is 23.5 Å². The van der Waals surface area contributed by atoms with E-state index in [-0.39, 0.29) is 24.5 Å². The van der Waals surface area contributed by atoms with Gasteiger partial charge in [-0.3, -0.25) is 14.5 Å². The normalized spacial score (nSPS) is 16.4. The predicted molar refractivity (Wildman–Crippen MR) is 124 cm³/mol. The van der Waals surface area contributed by atoms with Crippen molar-refractivity contribution in [2.45, 2.75) is 13.5 Å². The molecule has 0 saturated carbocycles. The van der Waals surface area contributed by atoms with Crippen molar-refractivity contribution >= 4 is 29.5 Å². The summed E-state index contributed by atoms with van der Waals surface area (Å²) < 4.78 is 16.6. The topological polar surface area (TPSA) is 92.8 Å². The van der Waals surface area contributed by atoms with Crippen molar-refractivity contribution < 1.29 is 23.5 Å². The third kappa shape index (κ3) is 3.85. The fraction of sp³-hybridized carbons (Fsp3) is 0.115. The number of ether oxygens (including phenoxy) is 2. The Morgan fingerprint density at radius 1 is 1.03 bits per heavy atom. The molecule has 5 rings (SSSR count). The summed E-state index contributed by atoms with van der Waals surface area (Å²) in [6.45, 7) is 1.69. The SMILES string of the molecule is CC1=C(C#N)C(=O)N(Cc2ccc3c(c2)OCO3)C(=O)/C1=C/c1ccc(-c2ccc(Cl)cc2)o1. The summed E-state index contributed by atoms with van der Waals surface area (Å²) in [4.78, 5) is 27.3. The molecule has 7 nitrogen and oxygen atoms in total. The standard InChI is InChI=1S/C26H17ClN2O5/c1-15-20(11-19-7-9-22(34-19)17-3-5-18(27)6-4-17)25(30)29(26(31)21(15)12-28)13-16-2-8-23-24(10-16)33-14-32-23/h2-11H,13-14H2,1H3/b20-11+. The highest BCUT2D eigenvalue weighted by atomic mass is 35.5. The van der Waals surface area contributed by atoms with Gasteiger partial charge in [-0.1, -0.05) is 17.7 Å². The van der Waals surface area contributed by atoms with E-state index in [4.69, 9.17) is 25.5 Å². The van der Waals surface area contributed by atoms with E-state index in [1.807, 2.05) is 18.2 Å². The van der Waals surface area contributed by atoms with Gasteiger partial charge in [0.25, 0.3) is 11.8 Å². The van der Waals surface area contributed by atoms with E-state index in [9.17, 15) is 14.9 Å². The summed E-state index contributed by atoms with van der Waals surface area (Å²) in [5.74, 6) is 1.01. The van der Waals surface area contributed by atoms with Gasteiger partial charge in [-0.25, -0.2) is 0 Å². The zero-order valence-corrected chi connectivity index (χ0v) is 18.8. The number of carbonyl (C=O) groups excluding carboxylic acids is 2. The number of nitrogens with zero attached hydrogens (tertiary/aromatic N) is 2.